The van der Waals surface area contributed by atoms with Crippen molar-refractivity contribution in [2.75, 3.05) is 56.4 Å². The molecular weight excluding hydrogens is 356 g/mol. The number of nitrogens with zero attached hydrogens (tertiary/aromatic N) is 2. The molecule has 2 amide bonds. The van der Waals surface area contributed by atoms with Gasteiger partial charge in [-0.25, -0.2) is 0 Å². The Morgan fingerprint density at radius 1 is 0.607 bits per heavy atom. The quantitative estimate of drug-likeness (QED) is 0.726. The minimum atomic E-state index is 0. The van der Waals surface area contributed by atoms with Crippen molar-refractivity contribution in [3.8, 4) is 0 Å². The molecule has 0 aliphatic rings. The molecular formula is C21H60N4O3. The van der Waals surface area contributed by atoms with Gasteiger partial charge in [-0.2, -0.15) is 0 Å². The first-order valence-corrected chi connectivity index (χ1v) is 7.06. The Kier molecular flexibility index (Phi) is 113. The number of rotatable bonds is 3. The summed E-state index contributed by atoms with van der Waals surface area (Å²) in [4.78, 5) is 34.3. The minimum absolute atomic E-state index is 0. The van der Waals surface area contributed by atoms with Gasteiger partial charge in [0.05, 0.1) is 0 Å². The average Bonchev–Trinajstić information content (AvgIpc) is 2.38. The third-order valence-electron chi connectivity index (χ3n) is 1.82. The topological polar surface area (TPSA) is 81.8 Å². The van der Waals surface area contributed by atoms with E-state index in [2.05, 4.69) is 10.6 Å². The lowest BCUT2D eigenvalue weighted by Crippen LogP contribution is -2.21. The molecule has 7 nitrogen and oxygen atoms in total. The van der Waals surface area contributed by atoms with E-state index in [4.69, 9.17) is 0 Å². The van der Waals surface area contributed by atoms with Crippen LogP contribution in [0, 0.1) is 0 Å². The molecule has 0 radical (unpaired) electrons. The Bertz CT molecular complexity index is 281. The molecule has 0 heterocycles. The van der Waals surface area contributed by atoms with E-state index in [-0.39, 0.29) is 62.2 Å². The van der Waals surface area contributed by atoms with Gasteiger partial charge in [-0.15, -0.1) is 0 Å². The van der Waals surface area contributed by atoms with E-state index in [1.165, 1.54) is 23.6 Å². The number of nitrogens with one attached hydrogen (secondary N) is 2. The summed E-state index contributed by atoms with van der Waals surface area (Å²) in [6, 6.07) is 0. The lowest BCUT2D eigenvalue weighted by atomic mass is 10.2. The Morgan fingerprint density at radius 3 is 0.929 bits per heavy atom. The molecule has 0 aliphatic heterocycles. The van der Waals surface area contributed by atoms with Crippen LogP contribution in [-0.2, 0) is 14.4 Å². The molecule has 0 fully saturated rings. The first-order valence-electron chi connectivity index (χ1n) is 7.06. The number of hydrogen-bond donors (Lipinski definition) is 2. The fourth-order valence-corrected chi connectivity index (χ4v) is 0.507. The summed E-state index contributed by atoms with van der Waals surface area (Å²) < 4.78 is 0. The molecule has 0 aromatic rings. The Morgan fingerprint density at radius 2 is 0.821 bits per heavy atom. The molecule has 0 aromatic carbocycles. The molecule has 0 rings (SSSR count). The van der Waals surface area contributed by atoms with Crippen LogP contribution in [-0.4, -0.2) is 83.8 Å². The maximum atomic E-state index is 10.8. The molecule has 0 spiro atoms. The summed E-state index contributed by atoms with van der Waals surface area (Å²) in [5, 5.41) is 5.50. The fourth-order valence-electron chi connectivity index (χ4n) is 0.507. The third kappa shape index (κ3) is 102. The van der Waals surface area contributed by atoms with Crippen molar-refractivity contribution in [3.05, 3.63) is 0 Å². The Balaban J connectivity index is -0.0000000200. The summed E-state index contributed by atoms with van der Waals surface area (Å²) >= 11 is 0. The van der Waals surface area contributed by atoms with Gasteiger partial charge in [-0.05, 0) is 35.1 Å². The molecule has 7 heteroatoms. The first kappa shape index (κ1) is 63.3. The van der Waals surface area contributed by atoms with Crippen molar-refractivity contribution in [2.24, 2.45) is 0 Å². The van der Waals surface area contributed by atoms with Crippen LogP contribution in [0.5, 0.6) is 0 Å². The Labute approximate surface area is 180 Å². The predicted octanol–water partition coefficient (Wildman–Crippen LogP) is 4.03. The summed E-state index contributed by atoms with van der Waals surface area (Å²) in [6.07, 6.45) is 0.694. The highest BCUT2D eigenvalue weighted by molar-refractivity contribution is 5.83. The molecule has 28 heavy (non-hydrogen) atoms. The smallest absolute Gasteiger partial charge is 0.222 e. The summed E-state index contributed by atoms with van der Waals surface area (Å²) in [6.45, 7) is 3.02. The van der Waals surface area contributed by atoms with Crippen LogP contribution in [0.4, 0.5) is 0 Å². The van der Waals surface area contributed by atoms with Crippen LogP contribution in [0.3, 0.4) is 0 Å². The lowest BCUT2D eigenvalue weighted by Gasteiger charge is -2.07. The van der Waals surface area contributed by atoms with Gasteiger partial charge in [0.15, 0.2) is 0 Å². The van der Waals surface area contributed by atoms with E-state index in [0.29, 0.717) is 12.8 Å². The Hall–Kier alpha value is -1.47. The van der Waals surface area contributed by atoms with Crippen LogP contribution in [0.25, 0.3) is 0 Å². The van der Waals surface area contributed by atoms with E-state index in [9.17, 15) is 14.4 Å². The number of carbonyl (C=O) groups is 3. The van der Waals surface area contributed by atoms with Gasteiger partial charge in [-0.1, -0.05) is 44.6 Å². The standard InChI is InChI=1S/C7H13NO2.C4H9NO.2C2H7N.6CH4/c1-6(9)4-5-7(10)8(2)3;1-4(6)5(2)3;2*1-3-2;;;;;;/h4-5H2,1-3H3;1-3H3;2*3H,1-2H3;6*1H4. The zero-order valence-electron chi connectivity index (χ0n) is 16.0. The SMILES string of the molecule is C.C.C.C.C.C.CC(=O)CCC(=O)N(C)C.CC(=O)N(C)C.CNC.CNC. The second-order valence-corrected chi connectivity index (χ2v) is 4.90. The van der Waals surface area contributed by atoms with E-state index < -0.39 is 0 Å². The van der Waals surface area contributed by atoms with E-state index in [1.54, 1.807) is 28.2 Å². The third-order valence-corrected chi connectivity index (χ3v) is 1.82. The van der Waals surface area contributed by atoms with Crippen molar-refractivity contribution in [1.82, 2.24) is 20.4 Å². The summed E-state index contributed by atoms with van der Waals surface area (Å²) in [7, 11) is 14.3. The number of hydrogen-bond acceptors (Lipinski definition) is 5. The van der Waals surface area contributed by atoms with Crippen molar-refractivity contribution >= 4 is 17.6 Å². The molecule has 0 aliphatic carbocycles. The van der Waals surface area contributed by atoms with E-state index in [0.717, 1.165) is 0 Å². The maximum Gasteiger partial charge on any atom is 0.222 e. The van der Waals surface area contributed by atoms with Crippen LogP contribution < -0.4 is 10.6 Å². The van der Waals surface area contributed by atoms with Crippen molar-refractivity contribution < 1.29 is 14.4 Å². The first-order chi connectivity index (χ1) is 10.0. The average molecular weight is 417 g/mol. The van der Waals surface area contributed by atoms with E-state index in [1.807, 2.05) is 28.2 Å². The monoisotopic (exact) mass is 416 g/mol. The van der Waals surface area contributed by atoms with Crippen molar-refractivity contribution in [1.29, 1.82) is 0 Å². The number of carbonyl (C=O) groups excluding carboxylic acids is 3. The van der Waals surface area contributed by atoms with Crippen LogP contribution in [0.1, 0.15) is 71.2 Å². The summed E-state index contributed by atoms with van der Waals surface area (Å²) in [5.74, 6) is 0.167. The lowest BCUT2D eigenvalue weighted by molar-refractivity contribution is -0.130. The van der Waals surface area contributed by atoms with Gasteiger partial charge < -0.3 is 25.2 Å². The van der Waals surface area contributed by atoms with Gasteiger partial charge in [0, 0.05) is 48.0 Å². The van der Waals surface area contributed by atoms with Crippen LogP contribution in [0.15, 0.2) is 0 Å². The van der Waals surface area contributed by atoms with Crippen molar-refractivity contribution in [2.45, 2.75) is 71.2 Å². The molecule has 0 bridgehead atoms. The second kappa shape index (κ2) is 50.0. The zero-order valence-corrected chi connectivity index (χ0v) is 16.0. The molecule has 182 valence electrons. The largest absolute Gasteiger partial charge is 0.349 e. The maximum absolute atomic E-state index is 10.8. The van der Waals surface area contributed by atoms with Crippen molar-refractivity contribution in [3.63, 3.8) is 0 Å². The molecule has 0 atom stereocenters. The highest BCUT2D eigenvalue weighted by Crippen LogP contribution is 1.93. The predicted molar refractivity (Wildman–Crippen MR) is 133 cm³/mol. The van der Waals surface area contributed by atoms with Gasteiger partial charge in [0.2, 0.25) is 11.8 Å². The highest BCUT2D eigenvalue weighted by atomic mass is 16.2. The molecule has 0 unspecified atom stereocenters. The highest BCUT2D eigenvalue weighted by Gasteiger charge is 2.04. The van der Waals surface area contributed by atoms with Crippen LogP contribution >= 0.6 is 0 Å². The number of ketones is 1. The van der Waals surface area contributed by atoms with Gasteiger partial charge in [0.25, 0.3) is 0 Å². The molecule has 0 saturated carbocycles. The number of Topliss-reactive ketones (excluding diaryl/α,β-unsaturated/α-hetero) is 1. The number of amides is 2. The van der Waals surface area contributed by atoms with E-state index >= 15 is 0 Å². The molecule has 2 N–H and O–H groups in total. The summed E-state index contributed by atoms with van der Waals surface area (Å²) in [5.41, 5.74) is 0. The zero-order chi connectivity index (χ0) is 18.7. The normalized spacial score (nSPS) is 6.21. The van der Waals surface area contributed by atoms with Gasteiger partial charge >= 0.3 is 0 Å². The molecule has 0 aromatic heterocycles. The second-order valence-electron chi connectivity index (χ2n) is 4.90. The van der Waals surface area contributed by atoms with Crippen LogP contribution in [0.2, 0.25) is 0 Å². The fraction of sp³-hybridized carbons (Fsp3) is 0.857. The minimum Gasteiger partial charge on any atom is -0.349 e. The molecule has 0 saturated heterocycles. The van der Waals surface area contributed by atoms with Gasteiger partial charge in [-0.3, -0.25) is 9.59 Å². The van der Waals surface area contributed by atoms with Gasteiger partial charge in [0.1, 0.15) is 5.78 Å².